The molecule has 0 radical (unpaired) electrons. The van der Waals surface area contributed by atoms with Crippen LogP contribution < -0.4 is 0 Å². The van der Waals surface area contributed by atoms with Crippen LogP contribution in [-0.4, -0.2) is 17.0 Å². The summed E-state index contributed by atoms with van der Waals surface area (Å²) in [5.41, 5.74) is 1.84. The van der Waals surface area contributed by atoms with E-state index in [1.54, 1.807) is 0 Å². The van der Waals surface area contributed by atoms with Crippen LogP contribution >= 0.6 is 0 Å². The van der Waals surface area contributed by atoms with Crippen LogP contribution in [0.4, 0.5) is 0 Å². The van der Waals surface area contributed by atoms with E-state index in [4.69, 9.17) is 0 Å². The maximum Gasteiger partial charge on any atom is 0.136 e. The first kappa shape index (κ1) is 17.8. The van der Waals surface area contributed by atoms with Gasteiger partial charge < -0.3 is 5.11 Å². The van der Waals surface area contributed by atoms with Gasteiger partial charge in [0.1, 0.15) is 5.78 Å². The number of hydrogen-bond acceptors (Lipinski definition) is 2. The molecule has 0 saturated heterocycles. The fourth-order valence-electron chi connectivity index (χ4n) is 7.97. The van der Waals surface area contributed by atoms with E-state index in [2.05, 4.69) is 33.8 Å². The van der Waals surface area contributed by atoms with E-state index >= 15 is 0 Å². The van der Waals surface area contributed by atoms with Gasteiger partial charge in [-0.15, -0.1) is 0 Å². The van der Waals surface area contributed by atoms with Crippen LogP contribution in [0.15, 0.2) is 11.6 Å². The molecule has 0 heterocycles. The molecule has 25 heavy (non-hydrogen) atoms. The SMILES string of the molecule is CC(=O)[C@@]1(C)[C@H](C)C[C@H]2[C@@H]3CC=C4C[C@H](O)CC[C@]4(C)[C@H]3CC[C@@]21C. The number of fused-ring (bicyclic) bond motifs is 5. The zero-order valence-corrected chi connectivity index (χ0v) is 16.8. The smallest absolute Gasteiger partial charge is 0.136 e. The summed E-state index contributed by atoms with van der Waals surface area (Å²) in [6, 6.07) is 0. The Bertz CT molecular complexity index is 622. The highest BCUT2D eigenvalue weighted by Gasteiger charge is 2.66. The number of allylic oxidation sites excluding steroid dienone is 1. The Labute approximate surface area is 153 Å². The maximum atomic E-state index is 12.7. The molecule has 4 aliphatic rings. The lowest BCUT2D eigenvalue weighted by Gasteiger charge is -2.59. The van der Waals surface area contributed by atoms with Gasteiger partial charge >= 0.3 is 0 Å². The van der Waals surface area contributed by atoms with Gasteiger partial charge in [-0.3, -0.25) is 4.79 Å². The van der Waals surface area contributed by atoms with E-state index in [9.17, 15) is 9.90 Å². The molecule has 0 aromatic carbocycles. The zero-order chi connectivity index (χ0) is 18.2. The molecule has 4 aliphatic carbocycles. The summed E-state index contributed by atoms with van der Waals surface area (Å²) >= 11 is 0. The van der Waals surface area contributed by atoms with Crippen molar-refractivity contribution in [3.8, 4) is 0 Å². The highest BCUT2D eigenvalue weighted by atomic mass is 16.3. The summed E-state index contributed by atoms with van der Waals surface area (Å²) in [4.78, 5) is 12.7. The number of ketones is 1. The van der Waals surface area contributed by atoms with Crippen molar-refractivity contribution in [1.29, 1.82) is 0 Å². The first-order chi connectivity index (χ1) is 11.6. The third-order valence-corrected chi connectivity index (χ3v) is 9.98. The molecule has 140 valence electrons. The van der Waals surface area contributed by atoms with E-state index in [1.165, 1.54) is 31.3 Å². The zero-order valence-electron chi connectivity index (χ0n) is 16.8. The summed E-state index contributed by atoms with van der Waals surface area (Å²) in [5, 5.41) is 10.1. The molecule has 0 unspecified atom stereocenters. The molecule has 4 rings (SSSR count). The minimum absolute atomic E-state index is 0.128. The van der Waals surface area contributed by atoms with Crippen LogP contribution in [0.5, 0.6) is 0 Å². The molecule has 0 bridgehead atoms. The quantitative estimate of drug-likeness (QED) is 0.668. The number of hydrogen-bond donors (Lipinski definition) is 1. The number of carbonyl (C=O) groups is 1. The topological polar surface area (TPSA) is 37.3 Å². The van der Waals surface area contributed by atoms with Gasteiger partial charge in [0.2, 0.25) is 0 Å². The molecular weight excluding hydrogens is 308 g/mol. The molecule has 2 nitrogen and oxygen atoms in total. The predicted octanol–water partition coefficient (Wildman–Crippen LogP) is 5.15. The molecule has 0 aromatic rings. The Hall–Kier alpha value is -0.630. The largest absolute Gasteiger partial charge is 0.393 e. The van der Waals surface area contributed by atoms with Crippen molar-refractivity contribution < 1.29 is 9.90 Å². The van der Waals surface area contributed by atoms with Crippen LogP contribution in [0.25, 0.3) is 0 Å². The van der Waals surface area contributed by atoms with Crippen LogP contribution in [0.2, 0.25) is 0 Å². The Morgan fingerprint density at radius 3 is 2.56 bits per heavy atom. The maximum absolute atomic E-state index is 12.7. The van der Waals surface area contributed by atoms with Crippen LogP contribution in [0.1, 0.15) is 79.6 Å². The van der Waals surface area contributed by atoms with E-state index in [1.807, 2.05) is 6.92 Å². The number of aliphatic hydroxyl groups excluding tert-OH is 1. The summed E-state index contributed by atoms with van der Waals surface area (Å²) in [6.07, 6.45) is 10.2. The summed E-state index contributed by atoms with van der Waals surface area (Å²) in [7, 11) is 0. The van der Waals surface area contributed by atoms with Crippen molar-refractivity contribution in [3.63, 3.8) is 0 Å². The fourth-order valence-corrected chi connectivity index (χ4v) is 7.97. The molecule has 3 saturated carbocycles. The standard InChI is InChI=1S/C23H36O2/c1-14-12-20-18-7-6-16-13-17(25)8-10-21(16,3)19(18)9-11-22(20,4)23(14,5)15(2)24/h6,14,17-20,25H,7-13H2,1-5H3/t14-,17-,18-,19+,20+,21+,22+,23-/m1/s1. The Morgan fingerprint density at radius 2 is 1.88 bits per heavy atom. The van der Waals surface area contributed by atoms with Gasteiger partial charge in [-0.2, -0.15) is 0 Å². The van der Waals surface area contributed by atoms with Gasteiger partial charge in [0.25, 0.3) is 0 Å². The summed E-state index contributed by atoms with van der Waals surface area (Å²) < 4.78 is 0. The lowest BCUT2D eigenvalue weighted by molar-refractivity contribution is -0.140. The van der Waals surface area contributed by atoms with E-state index in [0.717, 1.165) is 31.1 Å². The van der Waals surface area contributed by atoms with E-state index < -0.39 is 0 Å². The van der Waals surface area contributed by atoms with Crippen molar-refractivity contribution >= 4 is 5.78 Å². The third-order valence-electron chi connectivity index (χ3n) is 9.98. The molecule has 3 fully saturated rings. The molecule has 0 amide bonds. The van der Waals surface area contributed by atoms with Crippen molar-refractivity contribution in [2.45, 2.75) is 85.7 Å². The van der Waals surface area contributed by atoms with Crippen LogP contribution in [0.3, 0.4) is 0 Å². The molecule has 2 heteroatoms. The lowest BCUT2D eigenvalue weighted by Crippen LogP contribution is -2.53. The van der Waals surface area contributed by atoms with Crippen LogP contribution in [-0.2, 0) is 4.79 Å². The van der Waals surface area contributed by atoms with Crippen molar-refractivity contribution in [2.24, 2.45) is 39.9 Å². The second kappa shape index (κ2) is 5.44. The molecule has 0 aromatic heterocycles. The van der Waals surface area contributed by atoms with Crippen molar-refractivity contribution in [2.75, 3.05) is 0 Å². The van der Waals surface area contributed by atoms with Gasteiger partial charge in [-0.05, 0) is 86.4 Å². The van der Waals surface area contributed by atoms with Crippen molar-refractivity contribution in [1.82, 2.24) is 0 Å². The van der Waals surface area contributed by atoms with Crippen molar-refractivity contribution in [3.05, 3.63) is 11.6 Å². The minimum atomic E-state index is -0.156. The number of rotatable bonds is 1. The van der Waals surface area contributed by atoms with Gasteiger partial charge in [0, 0.05) is 5.41 Å². The third kappa shape index (κ3) is 2.10. The van der Waals surface area contributed by atoms with E-state index in [0.29, 0.717) is 23.0 Å². The summed E-state index contributed by atoms with van der Waals surface area (Å²) in [6.45, 7) is 11.3. The molecular formula is C23H36O2. The molecule has 8 atom stereocenters. The normalized spacial score (nSPS) is 55.0. The highest BCUT2D eigenvalue weighted by molar-refractivity contribution is 5.83. The van der Waals surface area contributed by atoms with Gasteiger partial charge in [-0.1, -0.05) is 39.3 Å². The monoisotopic (exact) mass is 344 g/mol. The Balaban J connectivity index is 1.72. The Kier molecular flexibility index (Phi) is 3.87. The predicted molar refractivity (Wildman–Crippen MR) is 101 cm³/mol. The molecule has 1 N–H and O–H groups in total. The fraction of sp³-hybridized carbons (Fsp3) is 0.870. The second-order valence-electron chi connectivity index (χ2n) is 10.5. The summed E-state index contributed by atoms with van der Waals surface area (Å²) in [5.74, 6) is 3.05. The second-order valence-corrected chi connectivity index (χ2v) is 10.5. The first-order valence-electron chi connectivity index (χ1n) is 10.5. The average molecular weight is 345 g/mol. The minimum Gasteiger partial charge on any atom is -0.393 e. The molecule has 0 spiro atoms. The highest BCUT2D eigenvalue weighted by Crippen LogP contribution is 2.71. The number of carbonyl (C=O) groups excluding carboxylic acids is 1. The average Bonchev–Trinajstić information content (AvgIpc) is 2.77. The van der Waals surface area contributed by atoms with Gasteiger partial charge in [0.15, 0.2) is 0 Å². The van der Waals surface area contributed by atoms with E-state index in [-0.39, 0.29) is 16.9 Å². The van der Waals surface area contributed by atoms with Gasteiger partial charge in [0.05, 0.1) is 6.10 Å². The van der Waals surface area contributed by atoms with Crippen LogP contribution in [0, 0.1) is 39.9 Å². The van der Waals surface area contributed by atoms with Gasteiger partial charge in [-0.25, -0.2) is 0 Å². The molecule has 0 aliphatic heterocycles. The number of Topliss-reactive ketones (excluding diaryl/α,β-unsaturated/α-hetero) is 1. The lowest BCUT2D eigenvalue weighted by atomic mass is 9.45. The first-order valence-corrected chi connectivity index (χ1v) is 10.5. The number of aliphatic hydroxyl groups is 1. The Morgan fingerprint density at radius 1 is 1.16 bits per heavy atom.